The van der Waals surface area contributed by atoms with Crippen molar-refractivity contribution >= 4 is 5.57 Å². The SMILES string of the molecule is CC(=CCc1oc(=O)[nH]c1O)c1cccc(OCc2nc(-c3ccccc3OC(F)(F)F)oc2C)c1. The smallest absolute Gasteiger partial charge is 0.492 e. The van der Waals surface area contributed by atoms with Crippen LogP contribution in [0.1, 0.15) is 29.7 Å². The van der Waals surface area contributed by atoms with Crippen LogP contribution in [0.4, 0.5) is 13.2 Å². The van der Waals surface area contributed by atoms with Gasteiger partial charge in [-0.05, 0) is 49.2 Å². The third-order valence-corrected chi connectivity index (χ3v) is 5.19. The number of rotatable bonds is 8. The second-order valence-electron chi connectivity index (χ2n) is 7.76. The van der Waals surface area contributed by atoms with Crippen molar-refractivity contribution in [1.82, 2.24) is 9.97 Å². The minimum atomic E-state index is -4.85. The molecule has 0 atom stereocenters. The number of ether oxygens (including phenoxy) is 2. The molecule has 4 rings (SSSR count). The van der Waals surface area contributed by atoms with E-state index in [0.717, 1.165) is 11.1 Å². The standard InChI is InChI=1S/C25H21F3N2O6/c1-14(10-11-21-22(31)30-24(32)35-21)16-6-5-7-17(12-16)33-13-19-15(2)34-23(29-19)18-8-3-4-9-20(18)36-25(26,27)28/h3-10,12,31H,11,13H2,1-2H3,(H,30,32). The van der Waals surface area contributed by atoms with Gasteiger partial charge in [0.2, 0.25) is 11.8 Å². The summed E-state index contributed by atoms with van der Waals surface area (Å²) < 4.78 is 58.6. The largest absolute Gasteiger partial charge is 0.573 e. The van der Waals surface area contributed by atoms with Crippen molar-refractivity contribution in [1.29, 1.82) is 0 Å². The summed E-state index contributed by atoms with van der Waals surface area (Å²) in [5.74, 6) is -0.416. The van der Waals surface area contributed by atoms with Gasteiger partial charge >= 0.3 is 12.1 Å². The number of H-pyrrole nitrogens is 1. The highest BCUT2D eigenvalue weighted by molar-refractivity contribution is 5.65. The van der Waals surface area contributed by atoms with Gasteiger partial charge in [-0.25, -0.2) is 9.78 Å². The van der Waals surface area contributed by atoms with Gasteiger partial charge < -0.3 is 23.4 Å². The van der Waals surface area contributed by atoms with E-state index in [2.05, 4.69) is 14.7 Å². The Morgan fingerprint density at radius 3 is 2.67 bits per heavy atom. The highest BCUT2D eigenvalue weighted by Gasteiger charge is 2.32. The molecule has 0 saturated heterocycles. The maximum Gasteiger partial charge on any atom is 0.573 e. The Balaban J connectivity index is 1.47. The Kier molecular flexibility index (Phi) is 6.91. The average molecular weight is 502 g/mol. The zero-order valence-corrected chi connectivity index (χ0v) is 19.2. The van der Waals surface area contributed by atoms with Crippen LogP contribution in [0.15, 0.2) is 68.2 Å². The summed E-state index contributed by atoms with van der Waals surface area (Å²) >= 11 is 0. The first-order valence-corrected chi connectivity index (χ1v) is 10.7. The molecule has 0 amide bonds. The number of para-hydroxylation sites is 1. The van der Waals surface area contributed by atoms with Gasteiger partial charge in [0.05, 0.1) is 5.56 Å². The highest BCUT2D eigenvalue weighted by atomic mass is 19.4. The average Bonchev–Trinajstić information content (AvgIpc) is 3.35. The second-order valence-corrected chi connectivity index (χ2v) is 7.76. The number of allylic oxidation sites excluding steroid dienone is 2. The van der Waals surface area contributed by atoms with E-state index in [-0.39, 0.29) is 36.1 Å². The van der Waals surface area contributed by atoms with Crippen LogP contribution in [0.2, 0.25) is 0 Å². The van der Waals surface area contributed by atoms with Crippen molar-refractivity contribution in [3.8, 4) is 28.8 Å². The number of halogens is 3. The fourth-order valence-electron chi connectivity index (χ4n) is 3.37. The van der Waals surface area contributed by atoms with E-state index in [1.165, 1.54) is 18.2 Å². The molecule has 0 bridgehead atoms. The Morgan fingerprint density at radius 2 is 1.94 bits per heavy atom. The lowest BCUT2D eigenvalue weighted by Gasteiger charge is -2.11. The van der Waals surface area contributed by atoms with E-state index in [9.17, 15) is 23.1 Å². The number of hydrogen-bond acceptors (Lipinski definition) is 7. The third kappa shape index (κ3) is 5.98. The number of aromatic amines is 1. The van der Waals surface area contributed by atoms with Crippen LogP contribution in [0.25, 0.3) is 17.0 Å². The number of nitrogens with one attached hydrogen (secondary N) is 1. The van der Waals surface area contributed by atoms with E-state index >= 15 is 0 Å². The number of benzene rings is 2. The first-order chi connectivity index (χ1) is 17.1. The maximum absolute atomic E-state index is 12.7. The van der Waals surface area contributed by atoms with Crippen LogP contribution in [0.3, 0.4) is 0 Å². The van der Waals surface area contributed by atoms with E-state index in [1.807, 2.05) is 13.0 Å². The topological polar surface area (TPSA) is 111 Å². The molecule has 36 heavy (non-hydrogen) atoms. The number of alkyl halides is 3. The van der Waals surface area contributed by atoms with Crippen LogP contribution in [-0.2, 0) is 13.0 Å². The molecule has 8 nitrogen and oxygen atoms in total. The predicted octanol–water partition coefficient (Wildman–Crippen LogP) is 5.76. The molecule has 0 unspecified atom stereocenters. The Morgan fingerprint density at radius 1 is 1.17 bits per heavy atom. The van der Waals surface area contributed by atoms with Crippen molar-refractivity contribution in [2.24, 2.45) is 0 Å². The predicted molar refractivity (Wildman–Crippen MR) is 122 cm³/mol. The monoisotopic (exact) mass is 502 g/mol. The molecule has 2 N–H and O–H groups in total. The molecule has 2 aromatic carbocycles. The fourth-order valence-corrected chi connectivity index (χ4v) is 3.37. The molecule has 0 saturated carbocycles. The Bertz CT molecular complexity index is 1450. The lowest BCUT2D eigenvalue weighted by atomic mass is 10.1. The van der Waals surface area contributed by atoms with Crippen LogP contribution in [-0.4, -0.2) is 21.4 Å². The molecule has 0 fully saturated rings. The Labute approximate surface area is 202 Å². The van der Waals surface area contributed by atoms with Gasteiger partial charge in [-0.2, -0.15) is 0 Å². The molecular formula is C25H21F3N2O6. The van der Waals surface area contributed by atoms with Gasteiger partial charge in [-0.1, -0.05) is 30.3 Å². The maximum atomic E-state index is 12.7. The van der Waals surface area contributed by atoms with Crippen molar-refractivity contribution in [2.45, 2.75) is 33.2 Å². The van der Waals surface area contributed by atoms with Crippen LogP contribution in [0.5, 0.6) is 17.4 Å². The zero-order valence-electron chi connectivity index (χ0n) is 19.2. The van der Waals surface area contributed by atoms with Crippen molar-refractivity contribution < 1.29 is 36.6 Å². The summed E-state index contributed by atoms with van der Waals surface area (Å²) in [6.07, 6.45) is -2.85. The molecule has 0 aliphatic rings. The van der Waals surface area contributed by atoms with E-state index in [0.29, 0.717) is 17.2 Å². The molecule has 4 aromatic rings. The summed E-state index contributed by atoms with van der Waals surface area (Å²) in [5.41, 5.74) is 2.17. The van der Waals surface area contributed by atoms with Gasteiger partial charge in [0.15, 0.2) is 5.76 Å². The van der Waals surface area contributed by atoms with Crippen molar-refractivity contribution in [3.05, 3.63) is 87.9 Å². The molecule has 188 valence electrons. The third-order valence-electron chi connectivity index (χ3n) is 5.19. The van der Waals surface area contributed by atoms with E-state index in [1.54, 1.807) is 37.3 Å². The van der Waals surface area contributed by atoms with Gasteiger partial charge in [-0.3, -0.25) is 4.98 Å². The minimum Gasteiger partial charge on any atom is -0.492 e. The molecule has 0 aliphatic carbocycles. The highest BCUT2D eigenvalue weighted by Crippen LogP contribution is 2.34. The second kappa shape index (κ2) is 10.1. The van der Waals surface area contributed by atoms with Crippen LogP contribution in [0, 0.1) is 6.92 Å². The Hall–Kier alpha value is -4.41. The fraction of sp³-hybridized carbons (Fsp3) is 0.200. The normalized spacial score (nSPS) is 12.1. The van der Waals surface area contributed by atoms with Gasteiger partial charge in [0, 0.05) is 6.42 Å². The zero-order chi connectivity index (χ0) is 25.9. The van der Waals surface area contributed by atoms with E-state index < -0.39 is 17.9 Å². The number of aryl methyl sites for hydroxylation is 1. The van der Waals surface area contributed by atoms with Crippen LogP contribution >= 0.6 is 0 Å². The summed E-state index contributed by atoms with van der Waals surface area (Å²) in [6, 6.07) is 12.8. The first kappa shape index (κ1) is 24.7. The van der Waals surface area contributed by atoms with Crippen LogP contribution < -0.4 is 15.2 Å². The molecule has 0 aliphatic heterocycles. The molecule has 11 heteroatoms. The van der Waals surface area contributed by atoms with E-state index in [4.69, 9.17) is 13.6 Å². The lowest BCUT2D eigenvalue weighted by Crippen LogP contribution is -2.17. The quantitative estimate of drug-likeness (QED) is 0.315. The molecule has 2 aromatic heterocycles. The summed E-state index contributed by atoms with van der Waals surface area (Å²) in [4.78, 5) is 17.6. The number of aromatic nitrogens is 2. The van der Waals surface area contributed by atoms with Crippen molar-refractivity contribution in [2.75, 3.05) is 0 Å². The minimum absolute atomic E-state index is 0.0156. The summed E-state index contributed by atoms with van der Waals surface area (Å²) in [5, 5.41) is 9.63. The number of nitrogens with zero attached hydrogens (tertiary/aromatic N) is 1. The summed E-state index contributed by atoms with van der Waals surface area (Å²) in [6.45, 7) is 3.52. The van der Waals surface area contributed by atoms with Gasteiger partial charge in [0.1, 0.15) is 29.6 Å². The van der Waals surface area contributed by atoms with Crippen molar-refractivity contribution in [3.63, 3.8) is 0 Å². The number of aromatic hydroxyl groups is 1. The lowest BCUT2D eigenvalue weighted by molar-refractivity contribution is -0.274. The molecular weight excluding hydrogens is 481 g/mol. The molecule has 0 radical (unpaired) electrons. The molecule has 2 heterocycles. The van der Waals surface area contributed by atoms with Gasteiger partial charge in [0.25, 0.3) is 0 Å². The number of hydrogen-bond donors (Lipinski definition) is 2. The van der Waals surface area contributed by atoms with Gasteiger partial charge in [-0.15, -0.1) is 13.2 Å². The molecule has 0 spiro atoms. The first-order valence-electron chi connectivity index (χ1n) is 10.7. The number of oxazole rings is 2. The summed E-state index contributed by atoms with van der Waals surface area (Å²) in [7, 11) is 0.